The molecule has 0 spiro atoms. The molecule has 0 saturated carbocycles. The van der Waals surface area contributed by atoms with E-state index in [0.717, 1.165) is 5.72 Å². The predicted molar refractivity (Wildman–Crippen MR) is 62.6 cm³/mol. The average Bonchev–Trinajstić information content (AvgIpc) is 2.63. The molecule has 0 aliphatic carbocycles. The van der Waals surface area contributed by atoms with Gasteiger partial charge in [0.1, 0.15) is 12.4 Å². The lowest BCUT2D eigenvalue weighted by atomic mass is 9.65. The van der Waals surface area contributed by atoms with E-state index in [1.807, 2.05) is 41.7 Å². The van der Waals surface area contributed by atoms with E-state index in [1.165, 1.54) is 6.21 Å². The topological polar surface area (TPSA) is 45.0 Å². The molecule has 1 aliphatic heterocycles. The number of nitrogens with zero attached hydrogens (tertiary/aromatic N) is 4. The summed E-state index contributed by atoms with van der Waals surface area (Å²) < 4.78 is 17.4. The van der Waals surface area contributed by atoms with Gasteiger partial charge in [-0.2, -0.15) is 5.26 Å². The summed E-state index contributed by atoms with van der Waals surface area (Å²) in [6.07, 6.45) is 4.16. The summed E-state index contributed by atoms with van der Waals surface area (Å²) in [5.41, 5.74) is 1.62. The van der Waals surface area contributed by atoms with Crippen molar-refractivity contribution in [2.24, 2.45) is 19.1 Å². The van der Waals surface area contributed by atoms with Crippen molar-refractivity contribution < 1.29 is 8.96 Å². The highest BCUT2D eigenvalue weighted by Crippen LogP contribution is 2.18. The molecule has 86 valence electrons. The van der Waals surface area contributed by atoms with Crippen LogP contribution in [0.3, 0.4) is 0 Å². The average molecular weight is 230 g/mol. The number of aryl methyl sites for hydroxylation is 2. The third-order valence-electron chi connectivity index (χ3n) is 2.79. The van der Waals surface area contributed by atoms with Crippen LogP contribution in [0.5, 0.6) is 0 Å². The smallest absolute Gasteiger partial charge is 0.172 e. The Kier molecular flexibility index (Phi) is 3.09. The minimum absolute atomic E-state index is 0.354. The van der Waals surface area contributed by atoms with Crippen molar-refractivity contribution in [1.82, 2.24) is 4.57 Å². The monoisotopic (exact) mass is 230 g/mol. The zero-order chi connectivity index (χ0) is 12.4. The van der Waals surface area contributed by atoms with Crippen molar-refractivity contribution in [3.05, 3.63) is 23.4 Å². The Morgan fingerprint density at radius 1 is 1.71 bits per heavy atom. The SMILES string of the molecule is Cn1cc[n+](C)c1[B-]C1=C(C#N)CC=NC1F. The molecule has 2 heterocycles. The molecule has 2 radical (unpaired) electrons. The highest BCUT2D eigenvalue weighted by atomic mass is 19.1. The van der Waals surface area contributed by atoms with Crippen molar-refractivity contribution in [3.63, 3.8) is 0 Å². The van der Waals surface area contributed by atoms with E-state index < -0.39 is 6.30 Å². The molecule has 1 aromatic heterocycles. The Morgan fingerprint density at radius 2 is 2.47 bits per heavy atom. The van der Waals surface area contributed by atoms with Gasteiger partial charge in [-0.15, -0.1) is 7.28 Å². The minimum atomic E-state index is -1.44. The van der Waals surface area contributed by atoms with Gasteiger partial charge in [-0.25, -0.2) is 9.86 Å². The van der Waals surface area contributed by atoms with E-state index in [2.05, 4.69) is 4.99 Å². The summed E-state index contributed by atoms with van der Waals surface area (Å²) in [5, 5.41) is 8.98. The van der Waals surface area contributed by atoms with Gasteiger partial charge >= 0.3 is 0 Å². The second-order valence-corrected chi connectivity index (χ2v) is 3.94. The van der Waals surface area contributed by atoms with Crippen LogP contribution in [0.4, 0.5) is 4.39 Å². The molecule has 0 aromatic carbocycles. The standard InChI is InChI=1S/C11H12BFN4/c1-16-5-6-17(2)11(16)12-9-8(7-14)3-4-15-10(9)13/h4-6,10H,3H2,1-2H3. The number of allylic oxidation sites excluding steroid dienone is 1. The van der Waals surface area contributed by atoms with Gasteiger partial charge in [0.05, 0.1) is 20.2 Å². The van der Waals surface area contributed by atoms with Crippen LogP contribution >= 0.6 is 0 Å². The highest BCUT2D eigenvalue weighted by molar-refractivity contribution is 6.59. The second kappa shape index (κ2) is 4.54. The quantitative estimate of drug-likeness (QED) is 0.391. The van der Waals surface area contributed by atoms with Gasteiger partial charge in [0.2, 0.25) is 0 Å². The molecule has 0 N–H and O–H groups in total. The molecule has 1 atom stereocenters. The molecular formula is C11H12BFN4. The van der Waals surface area contributed by atoms with Crippen LogP contribution in [0.15, 0.2) is 28.4 Å². The largest absolute Gasteiger partial charge is 0.280 e. The summed E-state index contributed by atoms with van der Waals surface area (Å²) in [5.74, 6) is 0. The van der Waals surface area contributed by atoms with Crippen LogP contribution in [0.25, 0.3) is 0 Å². The summed E-state index contributed by atoms with van der Waals surface area (Å²) in [7, 11) is 5.43. The number of dihydropyridines is 1. The molecule has 1 aromatic rings. The zero-order valence-corrected chi connectivity index (χ0v) is 9.76. The molecule has 4 nitrogen and oxygen atoms in total. The van der Waals surface area contributed by atoms with Crippen molar-refractivity contribution in [1.29, 1.82) is 5.26 Å². The number of halogens is 1. The lowest BCUT2D eigenvalue weighted by molar-refractivity contribution is -0.652. The van der Waals surface area contributed by atoms with E-state index >= 15 is 0 Å². The number of aromatic nitrogens is 2. The van der Waals surface area contributed by atoms with Crippen LogP contribution in [-0.4, -0.2) is 24.4 Å². The maximum atomic E-state index is 13.7. The van der Waals surface area contributed by atoms with Crippen molar-refractivity contribution in [2.75, 3.05) is 0 Å². The first-order chi connectivity index (χ1) is 8.13. The molecular weight excluding hydrogens is 218 g/mol. The number of hydrogen-bond donors (Lipinski definition) is 0. The predicted octanol–water partition coefficient (Wildman–Crippen LogP) is -0.273. The molecule has 2 rings (SSSR count). The number of hydrogen-bond acceptors (Lipinski definition) is 2. The number of aliphatic imine (C=N–C) groups is 1. The molecule has 0 amide bonds. The molecule has 0 fully saturated rings. The van der Waals surface area contributed by atoms with Crippen LogP contribution in [0.2, 0.25) is 0 Å². The molecule has 0 saturated heterocycles. The van der Waals surface area contributed by atoms with Crippen molar-refractivity contribution >= 4 is 19.2 Å². The van der Waals surface area contributed by atoms with Gasteiger partial charge in [0.15, 0.2) is 6.30 Å². The third kappa shape index (κ3) is 2.14. The number of rotatable bonds is 2. The first-order valence-electron chi connectivity index (χ1n) is 5.28. The summed E-state index contributed by atoms with van der Waals surface area (Å²) in [6, 6.07) is 2.03. The minimum Gasteiger partial charge on any atom is -0.280 e. The fourth-order valence-electron chi connectivity index (χ4n) is 1.79. The molecule has 1 unspecified atom stereocenters. The van der Waals surface area contributed by atoms with E-state index in [-0.39, 0.29) is 0 Å². The van der Waals surface area contributed by atoms with Crippen molar-refractivity contribution in [3.8, 4) is 6.07 Å². The van der Waals surface area contributed by atoms with E-state index in [9.17, 15) is 4.39 Å². The van der Waals surface area contributed by atoms with Crippen molar-refractivity contribution in [2.45, 2.75) is 12.7 Å². The van der Waals surface area contributed by atoms with E-state index in [4.69, 9.17) is 5.26 Å². The van der Waals surface area contributed by atoms with Crippen LogP contribution in [0, 0.1) is 11.3 Å². The Balaban J connectivity index is 2.35. The van der Waals surface area contributed by atoms with Gasteiger partial charge in [-0.05, 0) is 5.57 Å². The molecule has 0 bridgehead atoms. The zero-order valence-electron chi connectivity index (χ0n) is 9.76. The van der Waals surface area contributed by atoms with E-state index in [1.54, 1.807) is 7.28 Å². The second-order valence-electron chi connectivity index (χ2n) is 3.94. The van der Waals surface area contributed by atoms with Crippen LogP contribution < -0.4 is 10.3 Å². The molecule has 6 heteroatoms. The maximum Gasteiger partial charge on any atom is 0.172 e. The fraction of sp³-hybridized carbons (Fsp3) is 0.364. The van der Waals surface area contributed by atoms with Crippen LogP contribution in [-0.2, 0) is 14.1 Å². The number of nitriles is 1. The van der Waals surface area contributed by atoms with Gasteiger partial charge in [-0.3, -0.25) is 14.1 Å². The molecule has 1 aliphatic rings. The Bertz CT molecular complexity index is 519. The summed E-state index contributed by atoms with van der Waals surface area (Å²) in [4.78, 5) is 3.70. The van der Waals surface area contributed by atoms with Crippen LogP contribution in [0.1, 0.15) is 6.42 Å². The Hall–Kier alpha value is -1.90. The summed E-state index contributed by atoms with van der Waals surface area (Å²) in [6.45, 7) is 0. The molecule has 17 heavy (non-hydrogen) atoms. The van der Waals surface area contributed by atoms with Gasteiger partial charge in [0, 0.05) is 18.4 Å². The summed E-state index contributed by atoms with van der Waals surface area (Å²) >= 11 is 0. The lowest BCUT2D eigenvalue weighted by Crippen LogP contribution is -2.51. The third-order valence-corrected chi connectivity index (χ3v) is 2.79. The Labute approximate surface area is 99.9 Å². The number of alkyl halides is 1. The number of imidazole rings is 1. The first-order valence-corrected chi connectivity index (χ1v) is 5.28. The van der Waals surface area contributed by atoms with Gasteiger partial charge in [-0.1, -0.05) is 0 Å². The first kappa shape index (κ1) is 11.6. The maximum absolute atomic E-state index is 13.7. The van der Waals surface area contributed by atoms with E-state index in [0.29, 0.717) is 17.5 Å². The highest BCUT2D eigenvalue weighted by Gasteiger charge is 2.14. The Morgan fingerprint density at radius 3 is 3.06 bits per heavy atom. The van der Waals surface area contributed by atoms with Gasteiger partial charge in [0.25, 0.3) is 0 Å². The normalized spacial score (nSPS) is 19.5. The van der Waals surface area contributed by atoms with Gasteiger partial charge < -0.3 is 0 Å². The fourth-order valence-corrected chi connectivity index (χ4v) is 1.79. The lowest BCUT2D eigenvalue weighted by Gasteiger charge is -2.24.